The number of aromatic nitrogens is 1. The summed E-state index contributed by atoms with van der Waals surface area (Å²) in [5, 5.41) is 45.6. The minimum absolute atomic E-state index is 0.599. The van der Waals surface area contributed by atoms with Crippen molar-refractivity contribution in [3.63, 3.8) is 0 Å². The molecule has 0 spiro atoms. The van der Waals surface area contributed by atoms with Crippen LogP contribution in [0.25, 0.3) is 0 Å². The summed E-state index contributed by atoms with van der Waals surface area (Å²) < 4.78 is 0. The molecule has 1 heterocycles. The zero-order valence-corrected chi connectivity index (χ0v) is 21.7. The number of carboxylic acids is 3. The maximum atomic E-state index is 10.3. The average molecular weight is 524 g/mol. The van der Waals surface area contributed by atoms with Gasteiger partial charge in [0.25, 0.3) is 0 Å². The number of aliphatic carboxylic acids is 3. The number of rotatable bonds is 14. The van der Waals surface area contributed by atoms with Crippen molar-refractivity contribution in [3.8, 4) is 6.19 Å². The molecular formula is C23H37N7O7. The van der Waals surface area contributed by atoms with Crippen LogP contribution in [-0.2, 0) is 20.8 Å². The molecule has 0 atom stereocenters. The molecule has 0 radical (unpaired) electrons. The monoisotopic (exact) mass is 523 g/mol. The fourth-order valence-corrected chi connectivity index (χ4v) is 2.77. The number of nitrogens with one attached hydrogen (secondary N) is 1. The third-order valence-electron chi connectivity index (χ3n) is 4.74. The van der Waals surface area contributed by atoms with Crippen LogP contribution < -0.4 is 5.32 Å². The van der Waals surface area contributed by atoms with Gasteiger partial charge in [-0.15, -0.1) is 0 Å². The van der Waals surface area contributed by atoms with Crippen LogP contribution in [0.1, 0.15) is 18.5 Å². The van der Waals surface area contributed by atoms with Gasteiger partial charge in [-0.2, -0.15) is 5.26 Å². The highest BCUT2D eigenvalue weighted by molar-refractivity contribution is 5.88. The molecule has 37 heavy (non-hydrogen) atoms. The molecular weight excluding hydrogens is 486 g/mol. The van der Waals surface area contributed by atoms with Crippen LogP contribution in [0, 0.1) is 11.5 Å². The number of carbonyl (C=O) groups is 3. The SMILES string of the molecule is CN(C)CCN(CCN(C)C)C(=NCCc1ccccn1)NC#N.O=C(O)CC(O)(CC(=O)O)C(=O)O. The summed E-state index contributed by atoms with van der Waals surface area (Å²) in [4.78, 5) is 45.8. The maximum absolute atomic E-state index is 10.3. The van der Waals surface area contributed by atoms with Crippen LogP contribution in [0.15, 0.2) is 29.4 Å². The molecule has 1 rings (SSSR count). The summed E-state index contributed by atoms with van der Waals surface area (Å²) in [6.07, 6.45) is 2.26. The molecule has 14 heteroatoms. The van der Waals surface area contributed by atoms with Gasteiger partial charge < -0.3 is 35.1 Å². The van der Waals surface area contributed by atoms with E-state index in [9.17, 15) is 14.4 Å². The van der Waals surface area contributed by atoms with E-state index in [2.05, 4.69) is 30.0 Å². The van der Waals surface area contributed by atoms with Gasteiger partial charge in [0, 0.05) is 51.0 Å². The Hall–Kier alpha value is -3.80. The van der Waals surface area contributed by atoms with Crippen molar-refractivity contribution in [2.75, 3.05) is 60.9 Å². The van der Waals surface area contributed by atoms with Crippen molar-refractivity contribution in [2.24, 2.45) is 4.99 Å². The third kappa shape index (κ3) is 15.7. The van der Waals surface area contributed by atoms with E-state index in [-0.39, 0.29) is 0 Å². The lowest BCUT2D eigenvalue weighted by atomic mass is 9.96. The lowest BCUT2D eigenvalue weighted by Crippen LogP contribution is -2.45. The van der Waals surface area contributed by atoms with Gasteiger partial charge in [0.1, 0.15) is 0 Å². The number of aliphatic hydroxyl groups is 1. The summed E-state index contributed by atoms with van der Waals surface area (Å²) in [6.45, 7) is 4.04. The standard InChI is InChI=1S/C17H29N7.C6H8O7/c1-22(2)11-13-24(14-12-23(3)4)17(21-15-18)20-10-8-16-7-5-6-9-19-16;7-3(8)1-6(13,5(11)12)2-4(9)10/h5-7,9H,8,10-14H2,1-4H3,(H,20,21);13H,1-2H2,(H,7,8)(H,9,10)(H,11,12). The highest BCUT2D eigenvalue weighted by Gasteiger charge is 2.40. The fraction of sp³-hybridized carbons (Fsp3) is 0.565. The highest BCUT2D eigenvalue weighted by Crippen LogP contribution is 2.15. The van der Waals surface area contributed by atoms with Crippen molar-refractivity contribution in [1.29, 1.82) is 5.26 Å². The molecule has 0 bridgehead atoms. The van der Waals surface area contributed by atoms with Gasteiger partial charge in [0.15, 0.2) is 11.8 Å². The largest absolute Gasteiger partial charge is 0.481 e. The second kappa shape index (κ2) is 17.6. The number of nitriles is 1. The second-order valence-electron chi connectivity index (χ2n) is 8.58. The van der Waals surface area contributed by atoms with Crippen LogP contribution in [0.3, 0.4) is 0 Å². The number of hydrogen-bond acceptors (Lipinski definition) is 9. The number of guanidine groups is 1. The minimum Gasteiger partial charge on any atom is -0.481 e. The summed E-state index contributed by atoms with van der Waals surface area (Å²) >= 11 is 0. The Morgan fingerprint density at radius 1 is 1.00 bits per heavy atom. The Morgan fingerprint density at radius 2 is 1.54 bits per heavy atom. The van der Waals surface area contributed by atoms with Gasteiger partial charge in [0.2, 0.25) is 5.96 Å². The maximum Gasteiger partial charge on any atom is 0.336 e. The predicted octanol–water partition coefficient (Wildman–Crippen LogP) is -0.773. The van der Waals surface area contributed by atoms with Crippen molar-refractivity contribution < 1.29 is 34.8 Å². The second-order valence-corrected chi connectivity index (χ2v) is 8.58. The lowest BCUT2D eigenvalue weighted by molar-refractivity contribution is -0.170. The van der Waals surface area contributed by atoms with E-state index in [0.29, 0.717) is 12.5 Å². The summed E-state index contributed by atoms with van der Waals surface area (Å²) in [7, 11) is 8.17. The minimum atomic E-state index is -2.74. The molecule has 0 aliphatic rings. The third-order valence-corrected chi connectivity index (χ3v) is 4.74. The quantitative estimate of drug-likeness (QED) is 0.0880. The molecule has 0 aromatic carbocycles. The molecule has 14 nitrogen and oxygen atoms in total. The van der Waals surface area contributed by atoms with Crippen LogP contribution in [0.4, 0.5) is 0 Å². The van der Waals surface area contributed by atoms with Gasteiger partial charge in [0.05, 0.1) is 12.8 Å². The topological polar surface area (TPSA) is 203 Å². The molecule has 0 saturated carbocycles. The van der Waals surface area contributed by atoms with Crippen LogP contribution in [0.5, 0.6) is 0 Å². The Balaban J connectivity index is 0.000000845. The Kier molecular flexibility index (Phi) is 15.8. The first-order valence-electron chi connectivity index (χ1n) is 11.3. The van der Waals surface area contributed by atoms with Crippen molar-refractivity contribution in [3.05, 3.63) is 30.1 Å². The number of pyridine rings is 1. The molecule has 1 aromatic rings. The molecule has 0 aliphatic carbocycles. The average Bonchev–Trinajstić information content (AvgIpc) is 2.78. The number of carboxylic acid groups (broad SMARTS) is 3. The van der Waals surface area contributed by atoms with Crippen LogP contribution in [0.2, 0.25) is 0 Å². The number of aliphatic imine (C=N–C) groups is 1. The van der Waals surface area contributed by atoms with Gasteiger partial charge in [-0.25, -0.2) is 4.79 Å². The van der Waals surface area contributed by atoms with E-state index in [1.165, 1.54) is 0 Å². The van der Waals surface area contributed by atoms with E-state index in [1.807, 2.05) is 52.6 Å². The van der Waals surface area contributed by atoms with Crippen molar-refractivity contribution >= 4 is 23.9 Å². The van der Waals surface area contributed by atoms with E-state index < -0.39 is 36.4 Å². The lowest BCUT2D eigenvalue weighted by Gasteiger charge is -2.27. The van der Waals surface area contributed by atoms with Gasteiger partial charge in [-0.1, -0.05) is 6.07 Å². The van der Waals surface area contributed by atoms with E-state index >= 15 is 0 Å². The number of hydrogen-bond donors (Lipinski definition) is 5. The first-order chi connectivity index (χ1) is 17.3. The molecule has 5 N–H and O–H groups in total. The zero-order chi connectivity index (χ0) is 28.4. The molecule has 0 unspecified atom stereocenters. The Bertz CT molecular complexity index is 890. The molecule has 0 fully saturated rings. The van der Waals surface area contributed by atoms with Gasteiger partial charge >= 0.3 is 17.9 Å². The molecule has 0 amide bonds. The van der Waals surface area contributed by atoms with Crippen molar-refractivity contribution in [1.82, 2.24) is 25.0 Å². The smallest absolute Gasteiger partial charge is 0.336 e. The van der Waals surface area contributed by atoms with Crippen LogP contribution >= 0.6 is 0 Å². The number of likely N-dealkylation sites (N-methyl/N-ethyl adjacent to an activating group) is 2. The van der Waals surface area contributed by atoms with Crippen LogP contribution in [-0.4, -0.2) is 130 Å². The zero-order valence-electron chi connectivity index (χ0n) is 21.7. The predicted molar refractivity (Wildman–Crippen MR) is 135 cm³/mol. The highest BCUT2D eigenvalue weighted by atomic mass is 16.4. The van der Waals surface area contributed by atoms with E-state index in [1.54, 1.807) is 6.20 Å². The molecule has 206 valence electrons. The van der Waals surface area contributed by atoms with Gasteiger partial charge in [-0.05, 0) is 40.3 Å². The van der Waals surface area contributed by atoms with Crippen molar-refractivity contribution in [2.45, 2.75) is 24.9 Å². The number of nitrogens with zero attached hydrogens (tertiary/aromatic N) is 6. The molecule has 0 aliphatic heterocycles. The van der Waals surface area contributed by atoms with Gasteiger partial charge in [-0.3, -0.25) is 24.9 Å². The summed E-state index contributed by atoms with van der Waals surface area (Å²) in [5.41, 5.74) is -1.73. The first kappa shape index (κ1) is 33.2. The van der Waals surface area contributed by atoms with E-state index in [4.69, 9.17) is 25.7 Å². The Morgan fingerprint density at radius 3 is 1.92 bits per heavy atom. The Labute approximate surface area is 216 Å². The fourth-order valence-electron chi connectivity index (χ4n) is 2.77. The van der Waals surface area contributed by atoms with E-state index in [0.717, 1.165) is 38.3 Å². The first-order valence-corrected chi connectivity index (χ1v) is 11.3. The molecule has 0 saturated heterocycles. The normalized spacial score (nSPS) is 11.4. The summed E-state index contributed by atoms with van der Waals surface area (Å²) in [6, 6.07) is 5.86. The molecule has 1 aromatic heterocycles. The summed E-state index contributed by atoms with van der Waals surface area (Å²) in [5.74, 6) is -4.38.